The van der Waals surface area contributed by atoms with Crippen molar-refractivity contribution in [2.24, 2.45) is 5.16 Å². The normalized spacial score (nSPS) is 19.3. The second kappa shape index (κ2) is 11.7. The number of alkyl halides is 6. The molecule has 2 amide bonds. The quantitative estimate of drug-likeness (QED) is 0.422. The van der Waals surface area contributed by atoms with Gasteiger partial charge in [-0.25, -0.2) is 0 Å². The van der Waals surface area contributed by atoms with Gasteiger partial charge in [0.2, 0.25) is 5.91 Å². The maximum Gasteiger partial charge on any atom is 0.435 e. The first kappa shape index (κ1) is 31.2. The first-order chi connectivity index (χ1) is 18.6. The number of methoxy groups -OCH3 is 1. The average Bonchev–Trinajstić information content (AvgIpc) is 3.48. The highest BCUT2D eigenvalue weighted by Crippen LogP contribution is 2.50. The van der Waals surface area contributed by atoms with Crippen LogP contribution in [0.1, 0.15) is 46.0 Å². The molecule has 2 aliphatic heterocycles. The van der Waals surface area contributed by atoms with Crippen molar-refractivity contribution in [3.8, 4) is 0 Å². The summed E-state index contributed by atoms with van der Waals surface area (Å²) in [7, 11) is 3.25. The maximum absolute atomic E-state index is 14.3. The highest BCUT2D eigenvalue weighted by atomic mass is 35.5. The molecule has 0 saturated carbocycles. The van der Waals surface area contributed by atoms with Crippen LogP contribution < -0.4 is 0 Å². The molecule has 1 fully saturated rings. The molecule has 0 aliphatic carbocycles. The molecule has 1 saturated heterocycles. The van der Waals surface area contributed by atoms with Gasteiger partial charge in [-0.05, 0) is 55.3 Å². The van der Waals surface area contributed by atoms with Crippen molar-refractivity contribution in [1.29, 1.82) is 0 Å². The number of halogens is 7. The van der Waals surface area contributed by atoms with Crippen LogP contribution in [0, 0.1) is 6.92 Å². The molecule has 1 atom stereocenters. The van der Waals surface area contributed by atoms with Crippen molar-refractivity contribution in [1.82, 2.24) is 9.80 Å². The SMILES string of the molecule is CCN1CN(C(=O)c2ccc(C3=NOC(c4cc(Cl)cc(C(F)(F)F)c4)(C(F)(F)F)C3)cc2C)CC1=O.COC. The fourth-order valence-electron chi connectivity index (χ4n) is 4.31. The lowest BCUT2D eigenvalue weighted by Crippen LogP contribution is -2.43. The Morgan fingerprint density at radius 3 is 2.30 bits per heavy atom. The number of aryl methyl sites for hydroxylation is 1. The molecule has 14 heteroatoms. The zero-order valence-electron chi connectivity index (χ0n) is 21.9. The van der Waals surface area contributed by atoms with E-state index in [4.69, 9.17) is 16.4 Å². The number of likely N-dealkylation sites (N-methyl/N-ethyl adjacent to an activating group) is 1. The van der Waals surface area contributed by atoms with Crippen LogP contribution in [0.4, 0.5) is 26.3 Å². The van der Waals surface area contributed by atoms with Crippen LogP contribution in [0.15, 0.2) is 41.6 Å². The summed E-state index contributed by atoms with van der Waals surface area (Å²) in [6.07, 6.45) is -11.0. The Labute approximate surface area is 231 Å². The predicted octanol–water partition coefficient (Wildman–Crippen LogP) is 5.77. The molecule has 1 unspecified atom stereocenters. The molecule has 2 aromatic rings. The monoisotopic (exact) mass is 593 g/mol. The van der Waals surface area contributed by atoms with E-state index in [1.54, 1.807) is 28.1 Å². The molecule has 0 aromatic heterocycles. The first-order valence-electron chi connectivity index (χ1n) is 11.9. The molecule has 40 heavy (non-hydrogen) atoms. The molecule has 0 bridgehead atoms. The molecule has 4 rings (SSSR count). The average molecular weight is 594 g/mol. The van der Waals surface area contributed by atoms with Gasteiger partial charge in [-0.3, -0.25) is 9.59 Å². The summed E-state index contributed by atoms with van der Waals surface area (Å²) in [4.78, 5) is 32.6. The van der Waals surface area contributed by atoms with E-state index >= 15 is 0 Å². The van der Waals surface area contributed by atoms with E-state index in [1.807, 2.05) is 0 Å². The van der Waals surface area contributed by atoms with Gasteiger partial charge in [0, 0.05) is 43.3 Å². The number of nitrogens with zero attached hydrogens (tertiary/aromatic N) is 3. The fourth-order valence-corrected chi connectivity index (χ4v) is 4.54. The molecular weight excluding hydrogens is 568 g/mol. The van der Waals surface area contributed by atoms with Crippen molar-refractivity contribution in [2.75, 3.05) is 34.0 Å². The van der Waals surface area contributed by atoms with Crippen LogP contribution in [0.5, 0.6) is 0 Å². The van der Waals surface area contributed by atoms with Gasteiger partial charge in [0.25, 0.3) is 11.5 Å². The smallest absolute Gasteiger partial charge is 0.388 e. The predicted molar refractivity (Wildman–Crippen MR) is 134 cm³/mol. The number of carbonyl (C=O) groups is 2. The van der Waals surface area contributed by atoms with Gasteiger partial charge in [-0.1, -0.05) is 22.8 Å². The summed E-state index contributed by atoms with van der Waals surface area (Å²) >= 11 is 5.73. The highest BCUT2D eigenvalue weighted by molar-refractivity contribution is 6.30. The molecular formula is C26H26ClF6N3O4. The number of hydrogen-bond donors (Lipinski definition) is 0. The Kier molecular flexibility index (Phi) is 9.09. The van der Waals surface area contributed by atoms with Crippen molar-refractivity contribution >= 4 is 29.1 Å². The lowest BCUT2D eigenvalue weighted by molar-refractivity contribution is -0.276. The van der Waals surface area contributed by atoms with Crippen molar-refractivity contribution in [3.63, 3.8) is 0 Å². The maximum atomic E-state index is 14.3. The van der Waals surface area contributed by atoms with Crippen molar-refractivity contribution in [2.45, 2.75) is 38.2 Å². The number of hydrogen-bond acceptors (Lipinski definition) is 5. The van der Waals surface area contributed by atoms with Crippen molar-refractivity contribution in [3.05, 3.63) is 69.2 Å². The van der Waals surface area contributed by atoms with Gasteiger partial charge in [-0.2, -0.15) is 26.3 Å². The number of benzene rings is 2. The Hall–Kier alpha value is -3.32. The van der Waals surface area contributed by atoms with Crippen LogP contribution in [0.2, 0.25) is 5.02 Å². The van der Waals surface area contributed by atoms with Gasteiger partial charge in [0.1, 0.15) is 6.54 Å². The van der Waals surface area contributed by atoms with E-state index in [1.165, 1.54) is 28.0 Å². The summed E-state index contributed by atoms with van der Waals surface area (Å²) < 4.78 is 86.8. The molecule has 0 spiro atoms. The zero-order valence-corrected chi connectivity index (χ0v) is 22.7. The Bertz CT molecular complexity index is 1310. The lowest BCUT2D eigenvalue weighted by Gasteiger charge is -2.30. The van der Waals surface area contributed by atoms with E-state index in [9.17, 15) is 35.9 Å². The topological polar surface area (TPSA) is 71.4 Å². The molecule has 0 N–H and O–H groups in total. The standard InChI is InChI=1S/C24H20ClF6N3O3.C2H6O/c1-3-33-12-34(11-20(33)35)21(36)18-5-4-14(6-13(18)2)19-10-22(37-32-19,24(29,30)31)15-7-16(23(26,27)28)9-17(25)8-15;1-3-2/h4-9H,3,10-12H2,1-2H3;1-2H3. The Balaban J connectivity index is 0.00000141. The van der Waals surface area contributed by atoms with E-state index in [2.05, 4.69) is 9.89 Å². The van der Waals surface area contributed by atoms with Crippen LogP contribution in [-0.4, -0.2) is 67.5 Å². The second-order valence-corrected chi connectivity index (χ2v) is 9.63. The third kappa shape index (κ3) is 6.20. The minimum Gasteiger partial charge on any atom is -0.388 e. The first-order valence-corrected chi connectivity index (χ1v) is 12.2. The zero-order chi connectivity index (χ0) is 30.0. The van der Waals surface area contributed by atoms with Gasteiger partial charge in [-0.15, -0.1) is 0 Å². The van der Waals surface area contributed by atoms with Crippen LogP contribution in [-0.2, 0) is 26.1 Å². The summed E-state index contributed by atoms with van der Waals surface area (Å²) in [6.45, 7) is 3.85. The molecule has 2 aromatic carbocycles. The largest absolute Gasteiger partial charge is 0.435 e. The number of rotatable bonds is 4. The third-order valence-electron chi connectivity index (χ3n) is 6.36. The van der Waals surface area contributed by atoms with Gasteiger partial charge < -0.3 is 19.4 Å². The summed E-state index contributed by atoms with van der Waals surface area (Å²) in [5, 5.41) is 3.04. The molecule has 2 aliphatic rings. The van der Waals surface area contributed by atoms with Crippen molar-refractivity contribution < 1.29 is 45.5 Å². The number of carbonyl (C=O) groups excluding carboxylic acids is 2. The second-order valence-electron chi connectivity index (χ2n) is 9.19. The van der Waals surface area contributed by atoms with Gasteiger partial charge in [0.15, 0.2) is 0 Å². The van der Waals surface area contributed by atoms with Crippen LogP contribution in [0.3, 0.4) is 0 Å². The Morgan fingerprint density at radius 1 is 1.12 bits per heavy atom. The molecule has 7 nitrogen and oxygen atoms in total. The Morgan fingerprint density at radius 2 is 1.77 bits per heavy atom. The summed E-state index contributed by atoms with van der Waals surface area (Å²) in [5.74, 6) is -0.609. The summed E-state index contributed by atoms with van der Waals surface area (Å²) in [5.41, 5.74) is -4.67. The van der Waals surface area contributed by atoms with E-state index in [-0.39, 0.29) is 36.0 Å². The molecule has 218 valence electrons. The van der Waals surface area contributed by atoms with E-state index in [0.717, 1.165) is 6.07 Å². The number of oxime groups is 1. The molecule has 0 radical (unpaired) electrons. The van der Waals surface area contributed by atoms with Gasteiger partial charge >= 0.3 is 12.4 Å². The van der Waals surface area contributed by atoms with E-state index in [0.29, 0.717) is 24.2 Å². The fraction of sp³-hybridized carbons (Fsp3) is 0.423. The molecule has 2 heterocycles. The van der Waals surface area contributed by atoms with Gasteiger partial charge in [0.05, 0.1) is 17.9 Å². The van der Waals surface area contributed by atoms with Crippen LogP contribution in [0.25, 0.3) is 0 Å². The highest BCUT2D eigenvalue weighted by Gasteiger charge is 2.62. The summed E-state index contributed by atoms with van der Waals surface area (Å²) in [6, 6.07) is 5.87. The van der Waals surface area contributed by atoms with E-state index < -0.39 is 46.4 Å². The minimum absolute atomic E-state index is 0.0813. The minimum atomic E-state index is -5.13. The number of amides is 2. The number of ether oxygens (including phenoxy) is 1. The third-order valence-corrected chi connectivity index (χ3v) is 6.57. The lowest BCUT2D eigenvalue weighted by atomic mass is 9.85. The van der Waals surface area contributed by atoms with Crippen LogP contribution >= 0.6 is 11.6 Å².